The first-order valence-electron chi connectivity index (χ1n) is 8.71. The van der Waals surface area contributed by atoms with Gasteiger partial charge in [0.15, 0.2) is 0 Å². The van der Waals surface area contributed by atoms with Crippen LogP contribution in [-0.2, 0) is 0 Å². The maximum Gasteiger partial charge on any atom is 0.317 e. The minimum atomic E-state index is 0.134. The van der Waals surface area contributed by atoms with E-state index < -0.39 is 0 Å². The highest BCUT2D eigenvalue weighted by Gasteiger charge is 2.42. The number of aromatic nitrogens is 1. The summed E-state index contributed by atoms with van der Waals surface area (Å²) in [6, 6.07) is 0.268. The zero-order chi connectivity index (χ0) is 15.0. The third-order valence-corrected chi connectivity index (χ3v) is 6.59. The summed E-state index contributed by atoms with van der Waals surface area (Å²) in [4.78, 5) is 19.2. The van der Waals surface area contributed by atoms with Crippen LogP contribution in [0, 0.1) is 11.3 Å². The molecule has 4 rings (SSSR count). The minimum absolute atomic E-state index is 0.134. The molecule has 1 saturated heterocycles. The second-order valence-corrected chi connectivity index (χ2v) is 8.29. The molecule has 4 nitrogen and oxygen atoms in total. The maximum atomic E-state index is 12.7. The van der Waals surface area contributed by atoms with E-state index in [0.29, 0.717) is 11.3 Å². The van der Waals surface area contributed by atoms with Gasteiger partial charge in [-0.1, -0.05) is 19.3 Å². The Bertz CT molecular complexity index is 520. The van der Waals surface area contributed by atoms with Gasteiger partial charge in [-0.2, -0.15) is 0 Å². The third kappa shape index (κ3) is 2.87. The average Bonchev–Trinajstić information content (AvgIpc) is 3.07. The SMILES string of the molecule is O=C(N[C@@H](c1nccs1)C1CC1)N1CCC2(CCCCC2)C1. The Labute approximate surface area is 136 Å². The summed E-state index contributed by atoms with van der Waals surface area (Å²) in [6.45, 7) is 1.90. The van der Waals surface area contributed by atoms with E-state index in [0.717, 1.165) is 18.1 Å². The number of urea groups is 1. The first-order chi connectivity index (χ1) is 10.8. The van der Waals surface area contributed by atoms with Gasteiger partial charge in [-0.15, -0.1) is 11.3 Å². The molecule has 0 unspecified atom stereocenters. The number of hydrogen-bond acceptors (Lipinski definition) is 3. The van der Waals surface area contributed by atoms with E-state index in [2.05, 4.69) is 15.2 Å². The van der Waals surface area contributed by atoms with Crippen LogP contribution in [0.5, 0.6) is 0 Å². The largest absolute Gasteiger partial charge is 0.328 e. The molecule has 3 aliphatic rings. The smallest absolute Gasteiger partial charge is 0.317 e. The van der Waals surface area contributed by atoms with Crippen molar-refractivity contribution in [3.63, 3.8) is 0 Å². The van der Waals surface area contributed by atoms with Crippen LogP contribution in [0.1, 0.15) is 62.4 Å². The Balaban J connectivity index is 1.39. The van der Waals surface area contributed by atoms with E-state index in [1.807, 2.05) is 11.6 Å². The van der Waals surface area contributed by atoms with Gasteiger partial charge in [0.25, 0.3) is 0 Å². The minimum Gasteiger partial charge on any atom is -0.328 e. The number of carbonyl (C=O) groups is 1. The number of nitrogens with zero attached hydrogens (tertiary/aromatic N) is 2. The fourth-order valence-corrected chi connectivity index (χ4v) is 5.02. The lowest BCUT2D eigenvalue weighted by molar-refractivity contribution is 0.174. The summed E-state index contributed by atoms with van der Waals surface area (Å²) in [5.74, 6) is 0.598. The topological polar surface area (TPSA) is 45.2 Å². The van der Waals surface area contributed by atoms with Crippen LogP contribution in [0.3, 0.4) is 0 Å². The molecule has 1 aromatic heterocycles. The van der Waals surface area contributed by atoms with E-state index in [9.17, 15) is 4.79 Å². The van der Waals surface area contributed by atoms with Crippen LogP contribution in [0.15, 0.2) is 11.6 Å². The summed E-state index contributed by atoms with van der Waals surface area (Å²) in [6.07, 6.45) is 12.2. The Kier molecular flexibility index (Phi) is 3.84. The number of hydrogen-bond donors (Lipinski definition) is 1. The van der Waals surface area contributed by atoms with Crippen LogP contribution >= 0.6 is 11.3 Å². The normalized spacial score (nSPS) is 25.4. The monoisotopic (exact) mass is 319 g/mol. The van der Waals surface area contributed by atoms with Gasteiger partial charge in [0, 0.05) is 24.7 Å². The molecule has 3 fully saturated rings. The van der Waals surface area contributed by atoms with Gasteiger partial charge in [0.2, 0.25) is 0 Å². The maximum absolute atomic E-state index is 12.7. The highest BCUT2D eigenvalue weighted by atomic mass is 32.1. The van der Waals surface area contributed by atoms with Gasteiger partial charge in [-0.3, -0.25) is 0 Å². The summed E-state index contributed by atoms with van der Waals surface area (Å²) < 4.78 is 0. The van der Waals surface area contributed by atoms with Crippen molar-refractivity contribution in [1.82, 2.24) is 15.2 Å². The van der Waals surface area contributed by atoms with Crippen molar-refractivity contribution in [2.24, 2.45) is 11.3 Å². The van der Waals surface area contributed by atoms with Gasteiger partial charge < -0.3 is 10.2 Å². The molecule has 0 aromatic carbocycles. The number of rotatable bonds is 3. The number of nitrogens with one attached hydrogen (secondary N) is 1. The Morgan fingerprint density at radius 3 is 2.82 bits per heavy atom. The molecule has 0 bridgehead atoms. The summed E-state index contributed by atoms with van der Waals surface area (Å²) in [5.41, 5.74) is 0.436. The lowest BCUT2D eigenvalue weighted by Gasteiger charge is -2.33. The molecule has 2 saturated carbocycles. The first-order valence-corrected chi connectivity index (χ1v) is 9.59. The van der Waals surface area contributed by atoms with E-state index in [1.54, 1.807) is 11.3 Å². The fraction of sp³-hybridized carbons (Fsp3) is 0.765. The predicted molar refractivity (Wildman–Crippen MR) is 87.8 cm³/mol. The van der Waals surface area contributed by atoms with Crippen LogP contribution in [-0.4, -0.2) is 29.0 Å². The average molecular weight is 319 g/mol. The van der Waals surface area contributed by atoms with Crippen molar-refractivity contribution >= 4 is 17.4 Å². The molecule has 1 aromatic rings. The molecule has 1 N–H and O–H groups in total. The third-order valence-electron chi connectivity index (χ3n) is 5.73. The van der Waals surface area contributed by atoms with Crippen molar-refractivity contribution in [2.75, 3.05) is 13.1 Å². The van der Waals surface area contributed by atoms with Crippen LogP contribution in [0.25, 0.3) is 0 Å². The molecule has 1 atom stereocenters. The van der Waals surface area contributed by atoms with Crippen LogP contribution in [0.2, 0.25) is 0 Å². The van der Waals surface area contributed by atoms with Crippen molar-refractivity contribution < 1.29 is 4.79 Å². The molecule has 1 spiro atoms. The van der Waals surface area contributed by atoms with Crippen molar-refractivity contribution in [3.05, 3.63) is 16.6 Å². The number of thiazole rings is 1. The van der Waals surface area contributed by atoms with Crippen molar-refractivity contribution in [1.29, 1.82) is 0 Å². The molecule has 5 heteroatoms. The predicted octanol–water partition coefficient (Wildman–Crippen LogP) is 3.96. The van der Waals surface area contributed by atoms with E-state index in [4.69, 9.17) is 0 Å². The number of amides is 2. The lowest BCUT2D eigenvalue weighted by atomic mass is 9.73. The number of likely N-dealkylation sites (tertiary alicyclic amines) is 1. The Morgan fingerprint density at radius 2 is 2.14 bits per heavy atom. The molecular formula is C17H25N3OS. The Hall–Kier alpha value is -1.10. The number of carbonyl (C=O) groups excluding carboxylic acids is 1. The fourth-order valence-electron chi connectivity index (χ4n) is 4.24. The lowest BCUT2D eigenvalue weighted by Crippen LogP contribution is -2.42. The molecule has 120 valence electrons. The zero-order valence-corrected chi connectivity index (χ0v) is 13.9. The van der Waals surface area contributed by atoms with Gasteiger partial charge >= 0.3 is 6.03 Å². The van der Waals surface area contributed by atoms with Crippen molar-refractivity contribution in [3.8, 4) is 0 Å². The summed E-state index contributed by atoms with van der Waals surface area (Å²) in [5, 5.41) is 6.36. The molecule has 2 heterocycles. The quantitative estimate of drug-likeness (QED) is 0.916. The van der Waals surface area contributed by atoms with Gasteiger partial charge in [-0.25, -0.2) is 9.78 Å². The second-order valence-electron chi connectivity index (χ2n) is 7.37. The summed E-state index contributed by atoms with van der Waals surface area (Å²) in [7, 11) is 0. The highest BCUT2D eigenvalue weighted by Crippen LogP contribution is 2.44. The van der Waals surface area contributed by atoms with Crippen LogP contribution in [0.4, 0.5) is 4.79 Å². The van der Waals surface area contributed by atoms with Gasteiger partial charge in [-0.05, 0) is 43.4 Å². The summed E-state index contributed by atoms with van der Waals surface area (Å²) >= 11 is 1.66. The molecule has 22 heavy (non-hydrogen) atoms. The first kappa shape index (κ1) is 14.5. The zero-order valence-electron chi connectivity index (χ0n) is 13.1. The molecule has 0 radical (unpaired) electrons. The highest BCUT2D eigenvalue weighted by molar-refractivity contribution is 7.09. The van der Waals surface area contributed by atoms with Crippen molar-refractivity contribution in [2.45, 2.75) is 57.4 Å². The standard InChI is InChI=1S/C17H25N3OS/c21-16(19-14(13-4-5-13)15-18-9-11-22-15)20-10-8-17(12-20)6-2-1-3-7-17/h9,11,13-14H,1-8,10,12H2,(H,19,21)/t14-/m1/s1. The van der Waals surface area contributed by atoms with E-state index in [1.165, 1.54) is 51.4 Å². The second kappa shape index (κ2) is 5.84. The van der Waals surface area contributed by atoms with E-state index in [-0.39, 0.29) is 12.1 Å². The van der Waals surface area contributed by atoms with Gasteiger partial charge in [0.05, 0.1) is 6.04 Å². The molecular weight excluding hydrogens is 294 g/mol. The Morgan fingerprint density at radius 1 is 1.32 bits per heavy atom. The van der Waals surface area contributed by atoms with Gasteiger partial charge in [0.1, 0.15) is 5.01 Å². The molecule has 2 aliphatic carbocycles. The molecule has 1 aliphatic heterocycles. The van der Waals surface area contributed by atoms with Crippen LogP contribution < -0.4 is 5.32 Å². The molecule has 2 amide bonds. The van der Waals surface area contributed by atoms with E-state index >= 15 is 0 Å².